The molecule has 0 radical (unpaired) electrons. The van der Waals surface area contributed by atoms with Crippen LogP contribution >= 0.6 is 0 Å². The van der Waals surface area contributed by atoms with Gasteiger partial charge in [-0.3, -0.25) is 4.79 Å². The second kappa shape index (κ2) is 4.64. The van der Waals surface area contributed by atoms with Crippen molar-refractivity contribution >= 4 is 5.69 Å². The summed E-state index contributed by atoms with van der Waals surface area (Å²) in [6.45, 7) is 6.04. The summed E-state index contributed by atoms with van der Waals surface area (Å²) in [7, 11) is 0. The van der Waals surface area contributed by atoms with Gasteiger partial charge in [-0.15, -0.1) is 0 Å². The zero-order chi connectivity index (χ0) is 9.68. The van der Waals surface area contributed by atoms with Gasteiger partial charge in [0.2, 0.25) is 0 Å². The highest BCUT2D eigenvalue weighted by Crippen LogP contribution is 2.08. The lowest BCUT2D eigenvalue weighted by Gasteiger charge is -2.21. The molecule has 0 fully saturated rings. The number of nitrogens with one attached hydrogen (secondary N) is 1. The lowest BCUT2D eigenvalue weighted by atomic mass is 10.3. The molecule has 0 unspecified atom stereocenters. The van der Waals surface area contributed by atoms with E-state index in [0.717, 1.165) is 25.2 Å². The minimum absolute atomic E-state index is 0.146. The fraction of sp³-hybridized carbons (Fsp3) is 0.556. The van der Waals surface area contributed by atoms with Crippen LogP contribution in [0.25, 0.3) is 0 Å². The molecule has 0 saturated carbocycles. The molecule has 1 heterocycles. The lowest BCUT2D eigenvalue weighted by molar-refractivity contribution is 0.784. The Morgan fingerprint density at radius 1 is 1.54 bits per heavy atom. The van der Waals surface area contributed by atoms with Crippen molar-refractivity contribution in [2.45, 2.75) is 20.3 Å². The topological polar surface area (TPSA) is 49.0 Å². The summed E-state index contributed by atoms with van der Waals surface area (Å²) in [6.07, 6.45) is 2.75. The molecule has 0 amide bonds. The van der Waals surface area contributed by atoms with E-state index in [1.807, 2.05) is 0 Å². The van der Waals surface area contributed by atoms with E-state index in [4.69, 9.17) is 0 Å². The van der Waals surface area contributed by atoms with E-state index in [1.165, 1.54) is 0 Å². The van der Waals surface area contributed by atoms with Crippen LogP contribution < -0.4 is 10.5 Å². The van der Waals surface area contributed by atoms with Crippen LogP contribution in [0.15, 0.2) is 17.1 Å². The predicted molar refractivity (Wildman–Crippen MR) is 53.0 cm³/mol. The third-order valence-corrected chi connectivity index (χ3v) is 1.89. The van der Waals surface area contributed by atoms with Crippen molar-refractivity contribution in [3.8, 4) is 0 Å². The molecule has 72 valence electrons. The Balaban J connectivity index is 2.84. The van der Waals surface area contributed by atoms with Gasteiger partial charge in [-0.1, -0.05) is 6.92 Å². The molecule has 0 atom stereocenters. The first-order valence-electron chi connectivity index (χ1n) is 4.57. The Kier molecular flexibility index (Phi) is 3.49. The van der Waals surface area contributed by atoms with Crippen LogP contribution in [0.1, 0.15) is 20.3 Å². The highest BCUT2D eigenvalue weighted by atomic mass is 16.1. The summed E-state index contributed by atoms with van der Waals surface area (Å²) in [6, 6.07) is 1.58. The summed E-state index contributed by atoms with van der Waals surface area (Å²) in [5.74, 6) is 0. The quantitative estimate of drug-likeness (QED) is 0.754. The van der Waals surface area contributed by atoms with E-state index in [0.29, 0.717) is 0 Å². The molecule has 0 saturated heterocycles. The summed E-state index contributed by atoms with van der Waals surface area (Å²) in [4.78, 5) is 13.1. The van der Waals surface area contributed by atoms with Gasteiger partial charge < -0.3 is 4.90 Å². The second-order valence-electron chi connectivity index (χ2n) is 2.88. The van der Waals surface area contributed by atoms with Gasteiger partial charge in [-0.05, 0) is 13.3 Å². The average Bonchev–Trinajstić information content (AvgIpc) is 2.14. The molecule has 0 aliphatic heterocycles. The number of aromatic amines is 1. The molecule has 0 aliphatic rings. The standard InChI is InChI=1S/C9H15N3O/c1-3-5-12(4-2)8-6-9(13)11-10-7-8/h6-7H,3-5H2,1-2H3,(H,11,13). The number of hydrogen-bond donors (Lipinski definition) is 1. The van der Waals surface area contributed by atoms with Crippen molar-refractivity contribution in [2.75, 3.05) is 18.0 Å². The van der Waals surface area contributed by atoms with Crippen LogP contribution in [0.4, 0.5) is 5.69 Å². The monoisotopic (exact) mass is 181 g/mol. The first-order valence-corrected chi connectivity index (χ1v) is 4.57. The van der Waals surface area contributed by atoms with E-state index in [9.17, 15) is 4.79 Å². The van der Waals surface area contributed by atoms with Crippen LogP contribution in [-0.2, 0) is 0 Å². The molecular weight excluding hydrogens is 166 g/mol. The molecule has 0 bridgehead atoms. The van der Waals surface area contributed by atoms with E-state index < -0.39 is 0 Å². The molecule has 13 heavy (non-hydrogen) atoms. The summed E-state index contributed by atoms with van der Waals surface area (Å²) in [5, 5.41) is 6.12. The fourth-order valence-electron chi connectivity index (χ4n) is 1.28. The molecule has 0 aromatic carbocycles. The minimum atomic E-state index is -0.146. The number of rotatable bonds is 4. The van der Waals surface area contributed by atoms with Gasteiger partial charge in [-0.2, -0.15) is 5.10 Å². The highest BCUT2D eigenvalue weighted by molar-refractivity contribution is 5.42. The van der Waals surface area contributed by atoms with Crippen molar-refractivity contribution in [3.05, 3.63) is 22.6 Å². The number of anilines is 1. The Morgan fingerprint density at radius 2 is 2.31 bits per heavy atom. The molecule has 4 heteroatoms. The van der Waals surface area contributed by atoms with E-state index in [-0.39, 0.29) is 5.56 Å². The van der Waals surface area contributed by atoms with Gasteiger partial charge in [0.25, 0.3) is 5.56 Å². The zero-order valence-electron chi connectivity index (χ0n) is 8.08. The van der Waals surface area contributed by atoms with Crippen LogP contribution in [0.5, 0.6) is 0 Å². The second-order valence-corrected chi connectivity index (χ2v) is 2.88. The summed E-state index contributed by atoms with van der Waals surface area (Å²) >= 11 is 0. The lowest BCUT2D eigenvalue weighted by Crippen LogP contribution is -2.25. The van der Waals surface area contributed by atoms with Gasteiger partial charge in [0.15, 0.2) is 0 Å². The SMILES string of the molecule is CCCN(CC)c1cn[nH]c(=O)c1. The van der Waals surface area contributed by atoms with Crippen LogP contribution in [0.2, 0.25) is 0 Å². The zero-order valence-corrected chi connectivity index (χ0v) is 8.08. The molecule has 1 aromatic rings. The Hall–Kier alpha value is -1.32. The van der Waals surface area contributed by atoms with Crippen LogP contribution in [0, 0.1) is 0 Å². The van der Waals surface area contributed by atoms with E-state index in [2.05, 4.69) is 28.9 Å². The predicted octanol–water partition coefficient (Wildman–Crippen LogP) is 1.01. The van der Waals surface area contributed by atoms with Gasteiger partial charge in [0.05, 0.1) is 11.9 Å². The van der Waals surface area contributed by atoms with Gasteiger partial charge >= 0.3 is 0 Å². The number of H-pyrrole nitrogens is 1. The number of aromatic nitrogens is 2. The molecule has 0 aliphatic carbocycles. The van der Waals surface area contributed by atoms with Gasteiger partial charge in [-0.25, -0.2) is 5.10 Å². The first kappa shape index (κ1) is 9.77. The van der Waals surface area contributed by atoms with E-state index in [1.54, 1.807) is 12.3 Å². The van der Waals surface area contributed by atoms with Crippen molar-refractivity contribution in [3.63, 3.8) is 0 Å². The fourth-order valence-corrected chi connectivity index (χ4v) is 1.28. The third kappa shape index (κ3) is 2.57. The molecule has 1 N–H and O–H groups in total. The Morgan fingerprint density at radius 3 is 2.85 bits per heavy atom. The van der Waals surface area contributed by atoms with Crippen molar-refractivity contribution in [2.24, 2.45) is 0 Å². The molecule has 1 rings (SSSR count). The van der Waals surface area contributed by atoms with Gasteiger partial charge in [0, 0.05) is 19.2 Å². The normalized spacial score (nSPS) is 10.0. The Labute approximate surface area is 77.6 Å². The summed E-state index contributed by atoms with van der Waals surface area (Å²) < 4.78 is 0. The van der Waals surface area contributed by atoms with Crippen molar-refractivity contribution < 1.29 is 0 Å². The van der Waals surface area contributed by atoms with Gasteiger partial charge in [0.1, 0.15) is 0 Å². The minimum Gasteiger partial charge on any atom is -0.370 e. The molecule has 0 spiro atoms. The number of nitrogens with zero attached hydrogens (tertiary/aromatic N) is 2. The average molecular weight is 181 g/mol. The van der Waals surface area contributed by atoms with E-state index >= 15 is 0 Å². The smallest absolute Gasteiger partial charge is 0.266 e. The number of hydrogen-bond acceptors (Lipinski definition) is 3. The Bertz CT molecular complexity index is 308. The maximum Gasteiger partial charge on any atom is 0.266 e. The molecule has 1 aromatic heterocycles. The van der Waals surface area contributed by atoms with Crippen molar-refractivity contribution in [1.82, 2.24) is 10.2 Å². The molecular formula is C9H15N3O. The van der Waals surface area contributed by atoms with Crippen LogP contribution in [-0.4, -0.2) is 23.3 Å². The first-order chi connectivity index (χ1) is 6.27. The maximum absolute atomic E-state index is 11.0. The summed E-state index contributed by atoms with van der Waals surface area (Å²) in [5.41, 5.74) is 0.750. The third-order valence-electron chi connectivity index (χ3n) is 1.89. The maximum atomic E-state index is 11.0. The molecule has 4 nitrogen and oxygen atoms in total. The van der Waals surface area contributed by atoms with Crippen molar-refractivity contribution in [1.29, 1.82) is 0 Å². The van der Waals surface area contributed by atoms with Crippen LogP contribution in [0.3, 0.4) is 0 Å². The highest BCUT2D eigenvalue weighted by Gasteiger charge is 2.02. The largest absolute Gasteiger partial charge is 0.370 e.